The number of hydroxylamine groups is 2. The van der Waals surface area contributed by atoms with E-state index in [1.807, 2.05) is 0 Å². The van der Waals surface area contributed by atoms with Crippen LogP contribution in [0.25, 0.3) is 0 Å². The third-order valence-electron chi connectivity index (χ3n) is 10.8. The SMILES string of the molecule is CC1/C(=C/C=C2C=C(/C=C/C3=[N+](CCCCCC(=O)ON4C(=O)CCC4=O)c4ccccc4C3(C)C)CCC/2)C(C)(C)c2ccccc21. The smallest absolute Gasteiger partial charge is 0.330 e. The Hall–Kier alpha value is -4.32. The minimum Gasteiger partial charge on any atom is -0.330 e. The quantitative estimate of drug-likeness (QED) is 0.147. The van der Waals surface area contributed by atoms with Gasteiger partial charge < -0.3 is 4.84 Å². The Morgan fingerprint density at radius 3 is 2.31 bits per heavy atom. The summed E-state index contributed by atoms with van der Waals surface area (Å²) in [6.45, 7) is 12.5. The van der Waals surface area contributed by atoms with Gasteiger partial charge in [-0.25, -0.2) is 4.79 Å². The third-order valence-corrected chi connectivity index (χ3v) is 10.8. The summed E-state index contributed by atoms with van der Waals surface area (Å²) in [7, 11) is 0. The number of allylic oxidation sites excluding steroid dienone is 8. The van der Waals surface area contributed by atoms with Gasteiger partial charge in [-0.3, -0.25) is 9.59 Å². The molecule has 250 valence electrons. The van der Waals surface area contributed by atoms with Gasteiger partial charge in [0.15, 0.2) is 5.71 Å². The average molecular weight is 646 g/mol. The zero-order chi connectivity index (χ0) is 34.1. The molecular weight excluding hydrogens is 596 g/mol. The van der Waals surface area contributed by atoms with Crippen LogP contribution in [0.15, 0.2) is 95.6 Å². The summed E-state index contributed by atoms with van der Waals surface area (Å²) >= 11 is 0. The molecule has 6 nitrogen and oxygen atoms in total. The number of amides is 2. The maximum Gasteiger partial charge on any atom is 0.333 e. The minimum atomic E-state index is -0.529. The molecule has 1 atom stereocenters. The van der Waals surface area contributed by atoms with Crippen LogP contribution in [0.4, 0.5) is 5.69 Å². The molecule has 1 saturated heterocycles. The van der Waals surface area contributed by atoms with Crippen molar-refractivity contribution < 1.29 is 23.8 Å². The molecule has 2 aromatic carbocycles. The van der Waals surface area contributed by atoms with Crippen molar-refractivity contribution in [2.45, 2.75) is 109 Å². The first-order valence-electron chi connectivity index (χ1n) is 17.7. The van der Waals surface area contributed by atoms with Crippen LogP contribution in [0.3, 0.4) is 0 Å². The van der Waals surface area contributed by atoms with Crippen LogP contribution < -0.4 is 0 Å². The summed E-state index contributed by atoms with van der Waals surface area (Å²) in [6.07, 6.45) is 17.9. The highest BCUT2D eigenvalue weighted by molar-refractivity contribution is 6.03. The number of rotatable bonds is 10. The van der Waals surface area contributed by atoms with E-state index >= 15 is 0 Å². The van der Waals surface area contributed by atoms with E-state index in [1.165, 1.54) is 44.8 Å². The van der Waals surface area contributed by atoms with Gasteiger partial charge in [-0.2, -0.15) is 4.58 Å². The maximum absolute atomic E-state index is 12.3. The number of nitrogens with zero attached hydrogens (tertiary/aromatic N) is 2. The van der Waals surface area contributed by atoms with E-state index in [4.69, 9.17) is 4.84 Å². The number of imide groups is 1. The molecule has 0 N–H and O–H groups in total. The van der Waals surface area contributed by atoms with E-state index in [-0.39, 0.29) is 30.1 Å². The number of hydrogen-bond acceptors (Lipinski definition) is 4. The van der Waals surface area contributed by atoms with Gasteiger partial charge in [0, 0.05) is 54.7 Å². The fourth-order valence-electron chi connectivity index (χ4n) is 8.09. The van der Waals surface area contributed by atoms with Crippen molar-refractivity contribution in [1.29, 1.82) is 0 Å². The van der Waals surface area contributed by atoms with Crippen LogP contribution in [0, 0.1) is 0 Å². The summed E-state index contributed by atoms with van der Waals surface area (Å²) in [5.74, 6) is -0.989. The molecule has 2 aromatic rings. The van der Waals surface area contributed by atoms with Gasteiger partial charge in [-0.05, 0) is 68.2 Å². The molecule has 1 unspecified atom stereocenters. The molecule has 0 radical (unpaired) electrons. The molecule has 6 heteroatoms. The van der Waals surface area contributed by atoms with Gasteiger partial charge in [0.05, 0.1) is 5.41 Å². The van der Waals surface area contributed by atoms with Crippen molar-refractivity contribution in [3.8, 4) is 0 Å². The molecule has 6 rings (SSSR count). The van der Waals surface area contributed by atoms with Crippen molar-refractivity contribution in [1.82, 2.24) is 5.06 Å². The lowest BCUT2D eigenvalue weighted by molar-refractivity contribution is -0.438. The van der Waals surface area contributed by atoms with E-state index in [0.717, 1.165) is 38.6 Å². The standard InChI is InChI=1S/C42H49N2O4/c1-29-32-16-8-9-17-34(32)41(2,3)33(29)23-21-30-14-13-15-31(28-30)22-24-37-42(4,5)35-18-10-11-19-36(35)43(37)27-12-6-7-20-40(47)48-44-38(45)25-26-39(44)46/h8-11,16-19,21-24,28-29H,6-7,12-15,20,25-27H2,1-5H3/q+1/b24-22+,30-21+,33-23-. The predicted molar refractivity (Wildman–Crippen MR) is 190 cm³/mol. The molecular formula is C42H49N2O4+. The van der Waals surface area contributed by atoms with Crippen molar-refractivity contribution in [3.63, 3.8) is 0 Å². The van der Waals surface area contributed by atoms with E-state index in [0.29, 0.717) is 17.4 Å². The van der Waals surface area contributed by atoms with Crippen LogP contribution in [0.5, 0.6) is 0 Å². The third kappa shape index (κ3) is 6.54. The number of fused-ring (bicyclic) bond motifs is 2. The first-order chi connectivity index (χ1) is 23.0. The highest BCUT2D eigenvalue weighted by Crippen LogP contribution is 2.50. The Morgan fingerprint density at radius 2 is 1.56 bits per heavy atom. The van der Waals surface area contributed by atoms with E-state index < -0.39 is 17.8 Å². The molecule has 2 heterocycles. The van der Waals surface area contributed by atoms with Crippen LogP contribution in [-0.4, -0.2) is 39.7 Å². The lowest BCUT2D eigenvalue weighted by atomic mass is 9.80. The Balaban J connectivity index is 1.15. The molecule has 0 aromatic heterocycles. The van der Waals surface area contributed by atoms with E-state index in [9.17, 15) is 14.4 Å². The van der Waals surface area contributed by atoms with Gasteiger partial charge in [0.25, 0.3) is 11.8 Å². The molecule has 4 aliphatic rings. The van der Waals surface area contributed by atoms with Crippen molar-refractivity contribution in [2.75, 3.05) is 6.54 Å². The number of carbonyl (C=O) groups excluding carboxylic acids is 3. The maximum atomic E-state index is 12.3. The van der Waals surface area contributed by atoms with Crippen LogP contribution in [0.2, 0.25) is 0 Å². The first-order valence-corrected chi connectivity index (χ1v) is 17.7. The van der Waals surface area contributed by atoms with Crippen molar-refractivity contribution in [3.05, 3.63) is 112 Å². The molecule has 2 amide bonds. The van der Waals surface area contributed by atoms with Crippen molar-refractivity contribution in [2.24, 2.45) is 0 Å². The Bertz CT molecular complexity index is 1770. The van der Waals surface area contributed by atoms with E-state index in [1.54, 1.807) is 0 Å². The van der Waals surface area contributed by atoms with Crippen LogP contribution in [-0.2, 0) is 30.1 Å². The highest BCUT2D eigenvalue weighted by Gasteiger charge is 2.44. The molecule has 0 spiro atoms. The normalized spacial score (nSPS) is 23.0. The Labute approximate surface area is 285 Å². The second-order valence-corrected chi connectivity index (χ2v) is 14.7. The number of benzene rings is 2. The lowest BCUT2D eigenvalue weighted by Crippen LogP contribution is -2.31. The van der Waals surface area contributed by atoms with Crippen molar-refractivity contribution >= 4 is 29.2 Å². The zero-order valence-corrected chi connectivity index (χ0v) is 29.2. The fraction of sp³-hybridized carbons (Fsp3) is 0.429. The zero-order valence-electron chi connectivity index (χ0n) is 29.2. The van der Waals surface area contributed by atoms with Gasteiger partial charge in [-0.1, -0.05) is 93.1 Å². The predicted octanol–water partition coefficient (Wildman–Crippen LogP) is 8.84. The van der Waals surface area contributed by atoms with Crippen LogP contribution >= 0.6 is 0 Å². The monoisotopic (exact) mass is 645 g/mol. The van der Waals surface area contributed by atoms with Gasteiger partial charge in [0.2, 0.25) is 5.69 Å². The number of para-hydroxylation sites is 1. The van der Waals surface area contributed by atoms with Crippen LogP contribution in [0.1, 0.15) is 115 Å². The summed E-state index contributed by atoms with van der Waals surface area (Å²) in [5.41, 5.74) is 10.9. The van der Waals surface area contributed by atoms with Gasteiger partial charge in [0.1, 0.15) is 6.54 Å². The summed E-state index contributed by atoms with van der Waals surface area (Å²) < 4.78 is 2.44. The molecule has 0 bridgehead atoms. The summed E-state index contributed by atoms with van der Waals surface area (Å²) in [6, 6.07) is 17.5. The largest absolute Gasteiger partial charge is 0.333 e. The first kappa shape index (κ1) is 33.6. The number of carbonyl (C=O) groups is 3. The fourth-order valence-corrected chi connectivity index (χ4v) is 8.09. The summed E-state index contributed by atoms with van der Waals surface area (Å²) in [4.78, 5) is 40.8. The number of unbranched alkanes of at least 4 members (excludes halogenated alkanes) is 2. The lowest BCUT2D eigenvalue weighted by Gasteiger charge is -2.23. The van der Waals surface area contributed by atoms with E-state index in [2.05, 4.69) is 118 Å². The molecule has 2 aliphatic carbocycles. The van der Waals surface area contributed by atoms with Gasteiger partial charge >= 0.3 is 5.97 Å². The Morgan fingerprint density at radius 1 is 0.854 bits per heavy atom. The molecule has 0 saturated carbocycles. The Kier molecular flexibility index (Phi) is 9.55. The molecule has 1 fully saturated rings. The minimum absolute atomic E-state index is 0.0368. The molecule has 2 aliphatic heterocycles. The highest BCUT2D eigenvalue weighted by atomic mass is 16.7. The molecule has 48 heavy (non-hydrogen) atoms. The second-order valence-electron chi connectivity index (χ2n) is 14.7. The second kappa shape index (κ2) is 13.7. The topological polar surface area (TPSA) is 66.7 Å². The number of hydrogen-bond donors (Lipinski definition) is 0. The average Bonchev–Trinajstić information content (AvgIpc) is 3.57. The van der Waals surface area contributed by atoms with Gasteiger partial charge in [-0.15, -0.1) is 5.06 Å². The summed E-state index contributed by atoms with van der Waals surface area (Å²) in [5, 5.41) is 0.632.